The van der Waals surface area contributed by atoms with Gasteiger partial charge in [0.05, 0.1) is 5.69 Å². The SMILES string of the molecule is O=C(NC(=O)c1c(F)cccc1F)Nc1ccc(I)cc1F. The molecule has 22 heavy (non-hydrogen) atoms. The number of amides is 3. The highest BCUT2D eigenvalue weighted by molar-refractivity contribution is 14.1. The summed E-state index contributed by atoms with van der Waals surface area (Å²) < 4.78 is 41.0. The van der Waals surface area contributed by atoms with Crippen molar-refractivity contribution < 1.29 is 22.8 Å². The molecular formula is C14H8F3IN2O2. The van der Waals surface area contributed by atoms with E-state index in [9.17, 15) is 22.8 Å². The van der Waals surface area contributed by atoms with E-state index in [0.29, 0.717) is 3.57 Å². The molecule has 0 aliphatic carbocycles. The zero-order chi connectivity index (χ0) is 16.3. The van der Waals surface area contributed by atoms with Crippen molar-refractivity contribution in [2.75, 3.05) is 5.32 Å². The van der Waals surface area contributed by atoms with Crippen molar-refractivity contribution in [1.29, 1.82) is 0 Å². The summed E-state index contributed by atoms with van der Waals surface area (Å²) in [5.41, 5.74) is -1.06. The van der Waals surface area contributed by atoms with Crippen LogP contribution in [0.5, 0.6) is 0 Å². The first kappa shape index (κ1) is 16.3. The van der Waals surface area contributed by atoms with E-state index in [0.717, 1.165) is 18.2 Å². The van der Waals surface area contributed by atoms with Crippen LogP contribution in [0.3, 0.4) is 0 Å². The summed E-state index contributed by atoms with van der Waals surface area (Å²) in [7, 11) is 0. The predicted molar refractivity (Wildman–Crippen MR) is 82.0 cm³/mol. The van der Waals surface area contributed by atoms with Crippen LogP contribution in [0.15, 0.2) is 36.4 Å². The van der Waals surface area contributed by atoms with Crippen molar-refractivity contribution >= 4 is 40.2 Å². The van der Waals surface area contributed by atoms with E-state index in [-0.39, 0.29) is 5.69 Å². The zero-order valence-electron chi connectivity index (χ0n) is 10.8. The molecule has 0 atom stereocenters. The van der Waals surface area contributed by atoms with E-state index in [4.69, 9.17) is 0 Å². The van der Waals surface area contributed by atoms with Gasteiger partial charge in [-0.15, -0.1) is 0 Å². The Kier molecular flexibility index (Phi) is 5.01. The molecule has 0 saturated heterocycles. The second-order valence-electron chi connectivity index (χ2n) is 4.13. The number of carbonyl (C=O) groups excluding carboxylic acids is 2. The third kappa shape index (κ3) is 3.75. The molecule has 4 nitrogen and oxygen atoms in total. The highest BCUT2D eigenvalue weighted by Crippen LogP contribution is 2.17. The summed E-state index contributed by atoms with van der Waals surface area (Å²) in [6, 6.07) is 5.76. The molecule has 0 saturated carbocycles. The lowest BCUT2D eigenvalue weighted by Gasteiger charge is -2.08. The number of rotatable bonds is 2. The summed E-state index contributed by atoms with van der Waals surface area (Å²) in [5.74, 6) is -4.18. The van der Waals surface area contributed by atoms with Crippen LogP contribution >= 0.6 is 22.6 Å². The number of nitrogens with one attached hydrogen (secondary N) is 2. The maximum Gasteiger partial charge on any atom is 0.326 e. The number of carbonyl (C=O) groups is 2. The van der Waals surface area contributed by atoms with Gasteiger partial charge in [0.1, 0.15) is 23.0 Å². The highest BCUT2D eigenvalue weighted by atomic mass is 127. The molecule has 0 aromatic heterocycles. The van der Waals surface area contributed by atoms with Gasteiger partial charge in [0.15, 0.2) is 0 Å². The van der Waals surface area contributed by atoms with E-state index < -0.39 is 35.0 Å². The van der Waals surface area contributed by atoms with Gasteiger partial charge in [-0.05, 0) is 52.9 Å². The highest BCUT2D eigenvalue weighted by Gasteiger charge is 2.19. The standard InChI is InChI=1S/C14H8F3IN2O2/c15-8-2-1-3-9(16)12(8)13(21)20-14(22)19-11-5-4-7(18)6-10(11)17/h1-6H,(H2,19,20,21,22). The number of benzene rings is 2. The van der Waals surface area contributed by atoms with Crippen molar-refractivity contribution in [2.24, 2.45) is 0 Å². The van der Waals surface area contributed by atoms with Crippen LogP contribution in [-0.4, -0.2) is 11.9 Å². The average molecular weight is 420 g/mol. The minimum absolute atomic E-state index is 0.167. The number of halogens is 4. The molecule has 2 N–H and O–H groups in total. The van der Waals surface area contributed by atoms with E-state index in [1.165, 1.54) is 18.2 Å². The maximum atomic E-state index is 13.5. The van der Waals surface area contributed by atoms with Gasteiger partial charge in [-0.25, -0.2) is 18.0 Å². The van der Waals surface area contributed by atoms with Gasteiger partial charge < -0.3 is 5.32 Å². The molecule has 0 heterocycles. The van der Waals surface area contributed by atoms with Crippen LogP contribution in [-0.2, 0) is 0 Å². The van der Waals surface area contributed by atoms with E-state index >= 15 is 0 Å². The van der Waals surface area contributed by atoms with Crippen LogP contribution in [0.2, 0.25) is 0 Å². The average Bonchev–Trinajstić information content (AvgIpc) is 2.41. The van der Waals surface area contributed by atoms with E-state index in [2.05, 4.69) is 5.32 Å². The Balaban J connectivity index is 2.10. The Morgan fingerprint density at radius 1 is 0.955 bits per heavy atom. The van der Waals surface area contributed by atoms with Gasteiger partial charge in [-0.1, -0.05) is 6.07 Å². The third-order valence-corrected chi connectivity index (χ3v) is 3.27. The molecule has 0 radical (unpaired) electrons. The Labute approximate surface area is 136 Å². The summed E-state index contributed by atoms with van der Waals surface area (Å²) >= 11 is 1.88. The second-order valence-corrected chi connectivity index (χ2v) is 5.37. The lowest BCUT2D eigenvalue weighted by molar-refractivity contribution is 0.0959. The predicted octanol–water partition coefficient (Wildman–Crippen LogP) is 3.67. The Morgan fingerprint density at radius 3 is 2.18 bits per heavy atom. The molecule has 0 fully saturated rings. The van der Waals surface area contributed by atoms with E-state index in [1.807, 2.05) is 22.6 Å². The van der Waals surface area contributed by atoms with Crippen LogP contribution in [0.4, 0.5) is 23.7 Å². The van der Waals surface area contributed by atoms with Crippen LogP contribution in [0.25, 0.3) is 0 Å². The van der Waals surface area contributed by atoms with Gasteiger partial charge >= 0.3 is 6.03 Å². The normalized spacial score (nSPS) is 10.2. The fourth-order valence-electron chi connectivity index (χ4n) is 1.62. The fourth-order valence-corrected chi connectivity index (χ4v) is 2.08. The fraction of sp³-hybridized carbons (Fsp3) is 0. The van der Waals surface area contributed by atoms with Crippen LogP contribution < -0.4 is 10.6 Å². The molecule has 0 unspecified atom stereocenters. The molecule has 3 amide bonds. The van der Waals surface area contributed by atoms with Crippen molar-refractivity contribution in [1.82, 2.24) is 5.32 Å². The van der Waals surface area contributed by atoms with Crippen LogP contribution in [0, 0.1) is 21.0 Å². The number of anilines is 1. The van der Waals surface area contributed by atoms with Gasteiger partial charge in [0, 0.05) is 3.57 Å². The number of imide groups is 1. The van der Waals surface area contributed by atoms with Gasteiger partial charge in [0.25, 0.3) is 5.91 Å². The first-order valence-electron chi connectivity index (χ1n) is 5.90. The first-order valence-corrected chi connectivity index (χ1v) is 6.97. The smallest absolute Gasteiger partial charge is 0.305 e. The second kappa shape index (κ2) is 6.77. The van der Waals surface area contributed by atoms with Gasteiger partial charge in [-0.3, -0.25) is 10.1 Å². The Morgan fingerprint density at radius 2 is 1.59 bits per heavy atom. The topological polar surface area (TPSA) is 58.2 Å². The van der Waals surface area contributed by atoms with Crippen molar-refractivity contribution in [3.8, 4) is 0 Å². The molecule has 0 aliphatic rings. The van der Waals surface area contributed by atoms with Crippen molar-refractivity contribution in [3.63, 3.8) is 0 Å². The minimum Gasteiger partial charge on any atom is -0.305 e. The molecule has 2 aromatic carbocycles. The molecular weight excluding hydrogens is 412 g/mol. The zero-order valence-corrected chi connectivity index (χ0v) is 12.9. The molecule has 2 rings (SSSR count). The van der Waals surface area contributed by atoms with Gasteiger partial charge in [0.2, 0.25) is 0 Å². The lowest BCUT2D eigenvalue weighted by atomic mass is 10.2. The molecule has 8 heteroatoms. The minimum atomic E-state index is -1.26. The summed E-state index contributed by atoms with van der Waals surface area (Å²) in [4.78, 5) is 23.3. The third-order valence-electron chi connectivity index (χ3n) is 2.60. The maximum absolute atomic E-state index is 13.5. The molecule has 0 bridgehead atoms. The van der Waals surface area contributed by atoms with Crippen molar-refractivity contribution in [3.05, 3.63) is 63.0 Å². The Bertz CT molecular complexity index is 733. The van der Waals surface area contributed by atoms with Gasteiger partial charge in [-0.2, -0.15) is 0 Å². The molecule has 0 aliphatic heterocycles. The number of urea groups is 1. The number of hydrogen-bond donors (Lipinski definition) is 2. The summed E-state index contributed by atoms with van der Waals surface area (Å²) in [6.45, 7) is 0. The monoisotopic (exact) mass is 420 g/mol. The van der Waals surface area contributed by atoms with Crippen molar-refractivity contribution in [2.45, 2.75) is 0 Å². The summed E-state index contributed by atoms with van der Waals surface area (Å²) in [6.07, 6.45) is 0. The molecule has 114 valence electrons. The largest absolute Gasteiger partial charge is 0.326 e. The lowest BCUT2D eigenvalue weighted by Crippen LogP contribution is -2.35. The molecule has 0 spiro atoms. The van der Waals surface area contributed by atoms with Crippen LogP contribution in [0.1, 0.15) is 10.4 Å². The quantitative estimate of drug-likeness (QED) is 0.729. The first-order chi connectivity index (χ1) is 10.4. The van der Waals surface area contributed by atoms with E-state index in [1.54, 1.807) is 5.32 Å². The molecule has 2 aromatic rings. The summed E-state index contributed by atoms with van der Waals surface area (Å²) in [5, 5.41) is 3.81. The number of hydrogen-bond acceptors (Lipinski definition) is 2. The Hall–Kier alpha value is -2.10.